The largest absolute Gasteiger partial charge is 0.192 e. The smallest absolute Gasteiger partial charge is 0.100 e. The predicted molar refractivity (Wildman–Crippen MR) is 54.7 cm³/mol. The van der Waals surface area contributed by atoms with E-state index in [1.54, 1.807) is 23.5 Å². The van der Waals surface area contributed by atoms with Crippen LogP contribution in [0.4, 0.5) is 0 Å². The summed E-state index contributed by atoms with van der Waals surface area (Å²) in [4.78, 5) is 2.27. The summed E-state index contributed by atoms with van der Waals surface area (Å²) >= 11 is 3.31. The van der Waals surface area contributed by atoms with E-state index in [0.29, 0.717) is 0 Å². The van der Waals surface area contributed by atoms with Crippen molar-refractivity contribution in [3.8, 4) is 6.07 Å². The van der Waals surface area contributed by atoms with Crippen LogP contribution in [-0.2, 0) is 0 Å². The zero-order valence-electron chi connectivity index (χ0n) is 7.00. The van der Waals surface area contributed by atoms with Crippen molar-refractivity contribution in [2.24, 2.45) is 0 Å². The van der Waals surface area contributed by atoms with E-state index in [9.17, 15) is 0 Å². The molecule has 0 atom stereocenters. The minimum Gasteiger partial charge on any atom is -0.192 e. The highest BCUT2D eigenvalue weighted by atomic mass is 32.2. The Balaban J connectivity index is 3.13. The van der Waals surface area contributed by atoms with E-state index in [4.69, 9.17) is 5.26 Å². The molecule has 1 aromatic carbocycles. The van der Waals surface area contributed by atoms with Gasteiger partial charge in [0.15, 0.2) is 0 Å². The highest BCUT2D eigenvalue weighted by Gasteiger charge is 2.00. The Morgan fingerprint density at radius 2 is 2.00 bits per heavy atom. The van der Waals surface area contributed by atoms with Gasteiger partial charge in [-0.15, -0.1) is 23.5 Å². The van der Waals surface area contributed by atoms with Crippen LogP contribution in [0.3, 0.4) is 0 Å². The van der Waals surface area contributed by atoms with Crippen molar-refractivity contribution in [3.63, 3.8) is 0 Å². The molecule has 62 valence electrons. The topological polar surface area (TPSA) is 23.8 Å². The van der Waals surface area contributed by atoms with E-state index in [1.807, 2.05) is 30.7 Å². The number of nitrogens with zero attached hydrogens (tertiary/aromatic N) is 1. The van der Waals surface area contributed by atoms with Crippen molar-refractivity contribution in [1.82, 2.24) is 0 Å². The summed E-state index contributed by atoms with van der Waals surface area (Å²) in [5.74, 6) is 0. The molecule has 0 heterocycles. The minimum absolute atomic E-state index is 0.764. The van der Waals surface area contributed by atoms with Crippen molar-refractivity contribution < 1.29 is 0 Å². The fraction of sp³-hybridized carbons (Fsp3) is 0.222. The van der Waals surface area contributed by atoms with E-state index < -0.39 is 0 Å². The third-order valence-corrected chi connectivity index (χ3v) is 3.03. The number of nitriles is 1. The Kier molecular flexibility index (Phi) is 3.51. The molecule has 0 bridgehead atoms. The van der Waals surface area contributed by atoms with Gasteiger partial charge in [0, 0.05) is 9.79 Å². The predicted octanol–water partition coefficient (Wildman–Crippen LogP) is 3.00. The van der Waals surface area contributed by atoms with Gasteiger partial charge in [-0.25, -0.2) is 0 Å². The molecule has 12 heavy (non-hydrogen) atoms. The second-order valence-corrected chi connectivity index (χ2v) is 3.91. The Morgan fingerprint density at radius 3 is 2.50 bits per heavy atom. The Bertz CT molecular complexity index is 315. The Hall–Kier alpha value is -0.590. The first-order valence-electron chi connectivity index (χ1n) is 3.44. The van der Waals surface area contributed by atoms with E-state index in [2.05, 4.69) is 6.07 Å². The number of benzene rings is 1. The van der Waals surface area contributed by atoms with Crippen LogP contribution in [0.1, 0.15) is 5.56 Å². The van der Waals surface area contributed by atoms with Gasteiger partial charge in [-0.2, -0.15) is 5.26 Å². The first-order valence-corrected chi connectivity index (χ1v) is 5.89. The van der Waals surface area contributed by atoms with Gasteiger partial charge in [0.2, 0.25) is 0 Å². The van der Waals surface area contributed by atoms with Gasteiger partial charge in [0.1, 0.15) is 6.07 Å². The molecule has 1 aromatic rings. The summed E-state index contributed by atoms with van der Waals surface area (Å²) in [7, 11) is 0. The van der Waals surface area contributed by atoms with Crippen LogP contribution in [0.5, 0.6) is 0 Å². The first-order chi connectivity index (χ1) is 5.81. The quantitative estimate of drug-likeness (QED) is 0.678. The van der Waals surface area contributed by atoms with E-state index in [-0.39, 0.29) is 0 Å². The van der Waals surface area contributed by atoms with Crippen molar-refractivity contribution in [1.29, 1.82) is 5.26 Å². The molecule has 0 aromatic heterocycles. The maximum absolute atomic E-state index is 8.74. The lowest BCUT2D eigenvalue weighted by Crippen LogP contribution is -1.80. The highest BCUT2D eigenvalue weighted by molar-refractivity contribution is 7.99. The first kappa shape index (κ1) is 9.50. The number of hydrogen-bond donors (Lipinski definition) is 0. The summed E-state index contributed by atoms with van der Waals surface area (Å²) in [6, 6.07) is 8.07. The average molecular weight is 195 g/mol. The van der Waals surface area contributed by atoms with Gasteiger partial charge >= 0.3 is 0 Å². The third-order valence-electron chi connectivity index (χ3n) is 1.53. The van der Waals surface area contributed by atoms with Crippen LogP contribution in [0.25, 0.3) is 0 Å². The maximum atomic E-state index is 8.74. The Morgan fingerprint density at radius 1 is 1.25 bits per heavy atom. The molecule has 3 heteroatoms. The second-order valence-electron chi connectivity index (χ2n) is 2.18. The number of rotatable bonds is 2. The molecule has 1 nitrogen and oxygen atoms in total. The molecule has 0 amide bonds. The average Bonchev–Trinajstić information content (AvgIpc) is 2.16. The van der Waals surface area contributed by atoms with Crippen molar-refractivity contribution in [2.75, 3.05) is 12.5 Å². The molecule has 0 saturated carbocycles. The molecule has 0 radical (unpaired) electrons. The lowest BCUT2D eigenvalue weighted by Gasteiger charge is -2.01. The summed E-state index contributed by atoms with van der Waals surface area (Å²) in [5.41, 5.74) is 0.764. The van der Waals surface area contributed by atoms with Gasteiger partial charge in [-0.05, 0) is 30.7 Å². The summed E-state index contributed by atoms with van der Waals surface area (Å²) in [5, 5.41) is 8.74. The van der Waals surface area contributed by atoms with Gasteiger partial charge in [0.25, 0.3) is 0 Å². The lowest BCUT2D eigenvalue weighted by molar-refractivity contribution is 1.29. The molecule has 0 saturated heterocycles. The van der Waals surface area contributed by atoms with Crippen molar-refractivity contribution in [2.45, 2.75) is 9.79 Å². The zero-order chi connectivity index (χ0) is 8.97. The normalized spacial score (nSPS) is 9.42. The molecule has 0 N–H and O–H groups in total. The minimum atomic E-state index is 0.764. The molecular formula is C9H9NS2. The molecule has 1 rings (SSSR count). The van der Waals surface area contributed by atoms with Gasteiger partial charge in [-0.3, -0.25) is 0 Å². The van der Waals surface area contributed by atoms with Gasteiger partial charge < -0.3 is 0 Å². The monoisotopic (exact) mass is 195 g/mol. The number of thioether (sulfide) groups is 2. The zero-order valence-corrected chi connectivity index (χ0v) is 8.63. The van der Waals surface area contributed by atoms with Crippen molar-refractivity contribution in [3.05, 3.63) is 23.8 Å². The highest BCUT2D eigenvalue weighted by Crippen LogP contribution is 2.25. The molecule has 0 aliphatic heterocycles. The van der Waals surface area contributed by atoms with Crippen LogP contribution >= 0.6 is 23.5 Å². The van der Waals surface area contributed by atoms with Crippen LogP contribution in [0.15, 0.2) is 28.0 Å². The lowest BCUT2D eigenvalue weighted by atomic mass is 10.2. The SMILES string of the molecule is CSc1ccc(C#N)c(SC)c1. The maximum Gasteiger partial charge on any atom is 0.100 e. The Labute approximate surface area is 81.2 Å². The van der Waals surface area contributed by atoms with Crippen LogP contribution in [-0.4, -0.2) is 12.5 Å². The van der Waals surface area contributed by atoms with Crippen LogP contribution in [0, 0.1) is 11.3 Å². The summed E-state index contributed by atoms with van der Waals surface area (Å²) < 4.78 is 0. The number of hydrogen-bond acceptors (Lipinski definition) is 3. The molecule has 0 aliphatic rings. The van der Waals surface area contributed by atoms with Crippen molar-refractivity contribution >= 4 is 23.5 Å². The van der Waals surface area contributed by atoms with E-state index in [1.165, 1.54) is 4.90 Å². The fourth-order valence-corrected chi connectivity index (χ4v) is 1.98. The molecule has 0 fully saturated rings. The fourth-order valence-electron chi connectivity index (χ4n) is 0.891. The standard InChI is InChI=1S/C9H9NS2/c1-11-8-4-3-7(6-10)9(5-8)12-2/h3-5H,1-2H3. The molecule has 0 spiro atoms. The summed E-state index contributed by atoms with van der Waals surface area (Å²) in [6.45, 7) is 0. The van der Waals surface area contributed by atoms with Gasteiger partial charge in [-0.1, -0.05) is 0 Å². The van der Waals surface area contributed by atoms with E-state index >= 15 is 0 Å². The van der Waals surface area contributed by atoms with E-state index in [0.717, 1.165) is 10.5 Å². The third kappa shape index (κ3) is 1.96. The molecular weight excluding hydrogens is 186 g/mol. The molecule has 0 unspecified atom stereocenters. The van der Waals surface area contributed by atoms with Gasteiger partial charge in [0.05, 0.1) is 5.56 Å². The second kappa shape index (κ2) is 4.44. The summed E-state index contributed by atoms with van der Waals surface area (Å²) in [6.07, 6.45) is 4.02. The van der Waals surface area contributed by atoms with Crippen LogP contribution in [0.2, 0.25) is 0 Å². The molecule has 0 aliphatic carbocycles. The van der Waals surface area contributed by atoms with Crippen LogP contribution < -0.4 is 0 Å².